The summed E-state index contributed by atoms with van der Waals surface area (Å²) in [6, 6.07) is 0. The van der Waals surface area contributed by atoms with E-state index in [9.17, 15) is 0 Å². The fourth-order valence-corrected chi connectivity index (χ4v) is 0. The summed E-state index contributed by atoms with van der Waals surface area (Å²) in [6.07, 6.45) is 0. The summed E-state index contributed by atoms with van der Waals surface area (Å²) in [7, 11) is -32.7. The van der Waals surface area contributed by atoms with E-state index in [4.69, 9.17) is 126 Å². The van der Waals surface area contributed by atoms with Gasteiger partial charge < -0.3 is 176 Å². The SMILES string of the molecule is O=[Si]([O-])[O-].O=[Si]([O-])[O-].O=[Si]([O-])[O-].O=[Si]([O-])[O-].O=[Si]([O-])[O-].O=[Si]([O-])[O-].O=[Si]([O-])[O-].O=[Si]([O-])[O-].O=[Si]([O-])[O-].[Hf+4].[Hf+4].[Hf+4].[Hf+4].[O-2].[O-2].[O-2].[O-2].[O-2].[O-2].[O-2].[O-2].[O-2].[Ta+5].[Ta+5].[Ta+5].[Ta+5]. The van der Waals surface area contributed by atoms with Crippen molar-refractivity contribution >= 4 is 82.5 Å². The van der Waals surface area contributed by atoms with Crippen molar-refractivity contribution < 1.29 is 369 Å². The van der Waals surface area contributed by atoms with Crippen molar-refractivity contribution in [1.29, 1.82) is 0 Å². The molecule has 0 aromatic heterocycles. The molecule has 0 fully saturated rings. The van der Waals surface area contributed by atoms with Gasteiger partial charge in [0.2, 0.25) is 0 Å². The number of rotatable bonds is 0. The van der Waals surface area contributed by atoms with Gasteiger partial charge in [0.15, 0.2) is 0 Å². The summed E-state index contributed by atoms with van der Waals surface area (Å²) < 4.78 is 76.7. The molecular weight excluding hydrogens is 2270 g/mol. The topological polar surface area (TPSA) is 825 Å². The van der Waals surface area contributed by atoms with Crippen molar-refractivity contribution in [3.63, 3.8) is 0 Å². The molecule has 53 heavy (non-hydrogen) atoms. The first-order chi connectivity index (χ1) is 15.6. The Morgan fingerprint density at radius 3 is 0.170 bits per heavy atom. The largest absolute Gasteiger partial charge is 5.00 e. The van der Waals surface area contributed by atoms with Crippen LogP contribution in [0.25, 0.3) is 0 Å². The Balaban J connectivity index is -0.00000000620. The van der Waals surface area contributed by atoms with Gasteiger partial charge in [-0.2, -0.15) is 0 Å². The van der Waals surface area contributed by atoms with E-state index in [0.717, 1.165) is 0 Å². The van der Waals surface area contributed by atoms with Gasteiger partial charge in [-0.15, -0.1) is 0 Å². The molecule has 0 aliphatic carbocycles. The Bertz CT molecular complexity index is 451. The molecule has 0 aromatic rings. The van der Waals surface area contributed by atoms with Crippen LogP contribution < -0.4 is 86.3 Å². The van der Waals surface area contributed by atoms with Crippen molar-refractivity contribution in [2.24, 2.45) is 0 Å². The zero-order valence-corrected chi connectivity index (χ0v) is 59.2. The monoisotopic (exact) mass is 2270 g/mol. The maximum absolute atomic E-state index is 8.52. The molecule has 0 saturated carbocycles. The van der Waals surface area contributed by atoms with Gasteiger partial charge in [-0.1, -0.05) is 0 Å². The van der Waals surface area contributed by atoms with Crippen LogP contribution in [0.1, 0.15) is 0 Å². The van der Waals surface area contributed by atoms with Gasteiger partial charge in [-0.25, -0.2) is 0 Å². The Morgan fingerprint density at radius 2 is 0.170 bits per heavy atom. The molecular formula is Hf4O36Si9Ta4. The van der Waals surface area contributed by atoms with Crippen LogP contribution in [0.15, 0.2) is 0 Å². The van der Waals surface area contributed by atoms with Gasteiger partial charge in [0.1, 0.15) is 0 Å². The third-order valence-electron chi connectivity index (χ3n) is 0. The molecule has 0 radical (unpaired) electrons. The van der Waals surface area contributed by atoms with E-state index < -0.39 is 82.5 Å². The van der Waals surface area contributed by atoms with Crippen LogP contribution in [0.4, 0.5) is 0 Å². The van der Waals surface area contributed by atoms with E-state index in [1.54, 1.807) is 0 Å². The average molecular weight is 2270 g/mol. The number of hydrogen-bond acceptors (Lipinski definition) is 27. The van der Waals surface area contributed by atoms with Crippen LogP contribution in [-0.4, -0.2) is 82.5 Å². The average Bonchev–Trinajstić information content (AvgIpc) is 2.39. The molecule has 0 unspecified atom stereocenters. The fraction of sp³-hybridized carbons (Fsp3) is 0. The normalized spacial score (nSPS) is 4.08. The summed E-state index contributed by atoms with van der Waals surface area (Å²) in [5.41, 5.74) is 0. The molecule has 288 valence electrons. The standard InChI is InChI=1S/4Hf.9O3Si.9O.4Ta/c;;;;9*1-4(2)3;;;;;;;;;;;;;/q4*+4;18*-2;4*+5. The summed E-state index contributed by atoms with van der Waals surface area (Å²) in [6.45, 7) is 0. The quantitative estimate of drug-likeness (QED) is 0.203. The molecule has 36 nitrogen and oxygen atoms in total. The van der Waals surface area contributed by atoms with E-state index in [1.807, 2.05) is 0 Å². The van der Waals surface area contributed by atoms with Crippen molar-refractivity contribution in [2.45, 2.75) is 0 Å². The molecule has 0 rings (SSSR count). The Morgan fingerprint density at radius 1 is 0.170 bits per heavy atom. The van der Waals surface area contributed by atoms with Gasteiger partial charge in [0.05, 0.1) is 0 Å². The molecule has 0 bridgehead atoms. The van der Waals surface area contributed by atoms with E-state index in [-0.39, 0.29) is 242 Å². The molecule has 0 aliphatic heterocycles. The van der Waals surface area contributed by atoms with Crippen LogP contribution in [0, 0.1) is 0 Å². The second kappa shape index (κ2) is 179. The van der Waals surface area contributed by atoms with Gasteiger partial charge in [-0.3, -0.25) is 0 Å². The second-order valence-electron chi connectivity index (χ2n) is 2.25. The molecule has 0 N–H and O–H groups in total. The van der Waals surface area contributed by atoms with Gasteiger partial charge in [0.25, 0.3) is 0 Å². The van der Waals surface area contributed by atoms with Crippen LogP contribution in [0.2, 0.25) is 0 Å². The first kappa shape index (κ1) is 189. The van der Waals surface area contributed by atoms with Crippen molar-refractivity contribution in [1.82, 2.24) is 0 Å². The summed E-state index contributed by atoms with van der Waals surface area (Å²) in [5, 5.41) is 0. The molecule has 0 amide bonds. The van der Waals surface area contributed by atoms with E-state index in [0.29, 0.717) is 0 Å². The maximum Gasteiger partial charge on any atom is 5.00 e. The summed E-state index contributed by atoms with van der Waals surface area (Å²) in [5.74, 6) is 0. The summed E-state index contributed by atoms with van der Waals surface area (Å²) in [4.78, 5) is 153. The van der Waals surface area contributed by atoms with Crippen molar-refractivity contribution in [3.05, 3.63) is 0 Å². The minimum atomic E-state index is -3.63. The Hall–Kier alpha value is 2.63. The molecule has 0 atom stereocenters. The Labute approximate surface area is 444 Å². The van der Waals surface area contributed by atoms with Gasteiger partial charge in [0, 0.05) is 82.5 Å². The molecule has 53 heteroatoms. The first-order valence-corrected chi connectivity index (χ1v) is 16.5. The van der Waals surface area contributed by atoms with E-state index in [1.165, 1.54) is 0 Å². The van der Waals surface area contributed by atoms with Crippen LogP contribution >= 0.6 is 0 Å². The van der Waals surface area contributed by atoms with Gasteiger partial charge >= 0.3 is 193 Å². The third-order valence-corrected chi connectivity index (χ3v) is 0. The van der Waals surface area contributed by atoms with Crippen molar-refractivity contribution in [2.75, 3.05) is 0 Å². The van der Waals surface area contributed by atoms with Gasteiger partial charge in [-0.05, 0) is 0 Å². The van der Waals surface area contributed by atoms with E-state index >= 15 is 0 Å². The smallest absolute Gasteiger partial charge is 2.00 e. The maximum atomic E-state index is 8.52. The van der Waals surface area contributed by atoms with E-state index in [2.05, 4.69) is 0 Å². The number of hydrogen-bond donors (Lipinski definition) is 0. The molecule has 0 saturated heterocycles. The predicted molar refractivity (Wildman–Crippen MR) is 64.1 cm³/mol. The predicted octanol–water partition coefficient (Wildman–Crippen LogP) is -27.0. The first-order valence-electron chi connectivity index (χ1n) is 5.51. The van der Waals surface area contributed by atoms with Crippen LogP contribution in [0.3, 0.4) is 0 Å². The third kappa shape index (κ3) is 21800. The van der Waals surface area contributed by atoms with Crippen LogP contribution in [0.5, 0.6) is 0 Å². The van der Waals surface area contributed by atoms with Crippen LogP contribution in [-0.2, 0) is 282 Å². The minimum Gasteiger partial charge on any atom is -2.00 e. The molecule has 0 heterocycles. The zero-order chi connectivity index (χ0) is 32.2. The zero-order valence-electron chi connectivity index (χ0n) is 23.0. The molecule has 0 spiro atoms. The van der Waals surface area contributed by atoms with Crippen molar-refractivity contribution in [3.8, 4) is 0 Å². The summed E-state index contributed by atoms with van der Waals surface area (Å²) >= 11 is 0. The molecule has 0 aromatic carbocycles. The molecule has 0 aliphatic rings. The minimum absolute atomic E-state index is 0. The second-order valence-corrected chi connectivity index (χ2v) is 6.75. The Kier molecular flexibility index (Phi) is 639. The fourth-order valence-electron chi connectivity index (χ4n) is 0.